The van der Waals surface area contributed by atoms with Gasteiger partial charge in [-0.2, -0.15) is 0 Å². The second-order valence-corrected chi connectivity index (χ2v) is 7.16. The van der Waals surface area contributed by atoms with E-state index in [0.717, 1.165) is 0 Å². The highest BCUT2D eigenvalue weighted by Crippen LogP contribution is 2.19. The molecule has 0 saturated carbocycles. The molecule has 0 aromatic carbocycles. The van der Waals surface area contributed by atoms with Crippen molar-refractivity contribution in [1.82, 2.24) is 16.0 Å². The molecule has 0 unspecified atom stereocenters. The lowest BCUT2D eigenvalue weighted by Gasteiger charge is -2.24. The number of nitrogens with one attached hydrogen (secondary N) is 3. The molecule has 11 heteroatoms. The van der Waals surface area contributed by atoms with Gasteiger partial charge >= 0.3 is 6.36 Å². The minimum atomic E-state index is -4.99. The SMILES string of the molecule is CC(=O)N[C@@H](CC(C)C)C(=O)N[C@@H](C[C@@H]1CCNC1=O)C(=O)COC(F)(F)F. The molecule has 0 radical (unpaired) electrons. The van der Waals surface area contributed by atoms with E-state index >= 15 is 0 Å². The zero-order valence-electron chi connectivity index (χ0n) is 16.0. The van der Waals surface area contributed by atoms with Crippen molar-refractivity contribution in [1.29, 1.82) is 0 Å². The molecule has 0 spiro atoms. The van der Waals surface area contributed by atoms with E-state index in [9.17, 15) is 32.3 Å². The Morgan fingerprint density at radius 2 is 1.86 bits per heavy atom. The van der Waals surface area contributed by atoms with Crippen molar-refractivity contribution < 1.29 is 37.1 Å². The first-order valence-electron chi connectivity index (χ1n) is 8.97. The smallest absolute Gasteiger partial charge is 0.356 e. The van der Waals surface area contributed by atoms with Crippen LogP contribution in [0.5, 0.6) is 0 Å². The van der Waals surface area contributed by atoms with Crippen molar-refractivity contribution in [2.45, 2.75) is 58.5 Å². The lowest BCUT2D eigenvalue weighted by Crippen LogP contribution is -2.53. The van der Waals surface area contributed by atoms with Crippen LogP contribution < -0.4 is 16.0 Å². The fourth-order valence-corrected chi connectivity index (χ4v) is 2.90. The first kappa shape index (κ1) is 23.9. The maximum Gasteiger partial charge on any atom is 0.522 e. The van der Waals surface area contributed by atoms with E-state index < -0.39 is 48.6 Å². The van der Waals surface area contributed by atoms with Gasteiger partial charge in [-0.3, -0.25) is 23.9 Å². The molecule has 1 fully saturated rings. The third kappa shape index (κ3) is 8.68. The van der Waals surface area contributed by atoms with E-state index in [0.29, 0.717) is 13.0 Å². The summed E-state index contributed by atoms with van der Waals surface area (Å²) in [7, 11) is 0. The van der Waals surface area contributed by atoms with E-state index in [2.05, 4.69) is 20.7 Å². The quantitative estimate of drug-likeness (QED) is 0.490. The molecule has 28 heavy (non-hydrogen) atoms. The summed E-state index contributed by atoms with van der Waals surface area (Å²) in [5.41, 5.74) is 0. The second kappa shape index (κ2) is 10.4. The molecule has 0 aromatic heterocycles. The first-order valence-corrected chi connectivity index (χ1v) is 8.97. The average Bonchev–Trinajstić information content (AvgIpc) is 2.94. The number of rotatable bonds is 10. The zero-order chi connectivity index (χ0) is 21.5. The van der Waals surface area contributed by atoms with Crippen LogP contribution in [0.1, 0.15) is 40.0 Å². The molecular weight excluding hydrogens is 383 g/mol. The van der Waals surface area contributed by atoms with Crippen LogP contribution in [0.15, 0.2) is 0 Å². The number of ketones is 1. The second-order valence-electron chi connectivity index (χ2n) is 7.16. The van der Waals surface area contributed by atoms with Crippen LogP contribution in [0.3, 0.4) is 0 Å². The van der Waals surface area contributed by atoms with Gasteiger partial charge in [0.25, 0.3) is 0 Å². The third-order valence-electron chi connectivity index (χ3n) is 4.17. The monoisotopic (exact) mass is 409 g/mol. The molecule has 0 aliphatic carbocycles. The van der Waals surface area contributed by atoms with E-state index in [1.54, 1.807) is 0 Å². The summed E-state index contributed by atoms with van der Waals surface area (Å²) in [5.74, 6) is -3.07. The van der Waals surface area contributed by atoms with Gasteiger partial charge in [-0.15, -0.1) is 13.2 Å². The van der Waals surface area contributed by atoms with Crippen molar-refractivity contribution in [3.8, 4) is 0 Å². The van der Waals surface area contributed by atoms with Gasteiger partial charge in [0.15, 0.2) is 5.78 Å². The number of hydrogen-bond donors (Lipinski definition) is 3. The van der Waals surface area contributed by atoms with E-state index in [4.69, 9.17) is 0 Å². The number of carbonyl (C=O) groups excluding carboxylic acids is 4. The molecule has 0 bridgehead atoms. The minimum absolute atomic E-state index is 0.0333. The van der Waals surface area contributed by atoms with Gasteiger partial charge in [0.1, 0.15) is 12.6 Å². The Hall–Kier alpha value is -2.17. The normalized spacial score (nSPS) is 19.1. The molecule has 1 saturated heterocycles. The zero-order valence-corrected chi connectivity index (χ0v) is 16.0. The number of alkyl halides is 3. The molecule has 1 rings (SSSR count). The Morgan fingerprint density at radius 3 is 2.32 bits per heavy atom. The van der Waals surface area contributed by atoms with Gasteiger partial charge < -0.3 is 16.0 Å². The summed E-state index contributed by atoms with van der Waals surface area (Å²) < 4.78 is 40.3. The van der Waals surface area contributed by atoms with Gasteiger partial charge in [-0.1, -0.05) is 13.8 Å². The maximum atomic E-state index is 12.5. The number of halogens is 3. The van der Waals surface area contributed by atoms with Crippen LogP contribution >= 0.6 is 0 Å². The predicted molar refractivity (Wildman–Crippen MR) is 91.7 cm³/mol. The Labute approximate surface area is 160 Å². The Balaban J connectivity index is 2.88. The molecule has 1 heterocycles. The van der Waals surface area contributed by atoms with Gasteiger partial charge in [0.05, 0.1) is 6.04 Å². The summed E-state index contributed by atoms with van der Waals surface area (Å²) in [6.07, 6.45) is -4.47. The number of ether oxygens (including phenoxy) is 1. The fourth-order valence-electron chi connectivity index (χ4n) is 2.90. The standard InChI is InChI=1S/C17H26F3N3O5/c1-9(2)6-13(22-10(3)24)16(27)23-12(7-11-4-5-21-15(11)26)14(25)8-28-17(18,19)20/h9,11-13H,4-8H2,1-3H3,(H,21,26)(H,22,24)(H,23,27)/t11-,12-,13-/m0/s1. The fraction of sp³-hybridized carbons (Fsp3) is 0.765. The minimum Gasteiger partial charge on any atom is -0.356 e. The topological polar surface area (TPSA) is 114 Å². The summed E-state index contributed by atoms with van der Waals surface area (Å²) in [6, 6.07) is -2.29. The van der Waals surface area contributed by atoms with Crippen LogP contribution in [0.2, 0.25) is 0 Å². The molecule has 0 aromatic rings. The highest BCUT2D eigenvalue weighted by Gasteiger charge is 2.36. The molecule has 3 N–H and O–H groups in total. The van der Waals surface area contributed by atoms with E-state index in [1.807, 2.05) is 13.8 Å². The molecule has 8 nitrogen and oxygen atoms in total. The highest BCUT2D eigenvalue weighted by molar-refractivity contribution is 5.93. The van der Waals surface area contributed by atoms with Crippen LogP contribution in [0, 0.1) is 11.8 Å². The van der Waals surface area contributed by atoms with Gasteiger partial charge in [-0.25, -0.2) is 0 Å². The Morgan fingerprint density at radius 1 is 1.21 bits per heavy atom. The van der Waals surface area contributed by atoms with Crippen LogP contribution in [-0.4, -0.2) is 55.1 Å². The van der Waals surface area contributed by atoms with E-state index in [1.165, 1.54) is 6.92 Å². The first-order chi connectivity index (χ1) is 12.9. The van der Waals surface area contributed by atoms with Crippen molar-refractivity contribution in [2.75, 3.05) is 13.2 Å². The molecule has 160 valence electrons. The van der Waals surface area contributed by atoms with Crippen LogP contribution in [-0.2, 0) is 23.9 Å². The summed E-state index contributed by atoms with van der Waals surface area (Å²) >= 11 is 0. The van der Waals surface area contributed by atoms with E-state index in [-0.39, 0.29) is 24.7 Å². The van der Waals surface area contributed by atoms with Gasteiger partial charge in [0, 0.05) is 19.4 Å². The molecular formula is C17H26F3N3O5. The number of Topliss-reactive ketones (excluding diaryl/α,β-unsaturated/α-hetero) is 1. The maximum absolute atomic E-state index is 12.5. The van der Waals surface area contributed by atoms with Gasteiger partial charge in [-0.05, 0) is 25.2 Å². The number of amides is 3. The van der Waals surface area contributed by atoms with Crippen LogP contribution in [0.4, 0.5) is 13.2 Å². The largest absolute Gasteiger partial charge is 0.522 e. The lowest BCUT2D eigenvalue weighted by atomic mass is 9.95. The summed E-state index contributed by atoms with van der Waals surface area (Å²) in [4.78, 5) is 47.9. The third-order valence-corrected chi connectivity index (χ3v) is 4.17. The summed E-state index contributed by atoms with van der Waals surface area (Å²) in [6.45, 7) is 3.98. The molecule has 1 aliphatic rings. The van der Waals surface area contributed by atoms with Gasteiger partial charge in [0.2, 0.25) is 17.7 Å². The van der Waals surface area contributed by atoms with Crippen molar-refractivity contribution >= 4 is 23.5 Å². The molecule has 3 amide bonds. The Bertz CT molecular complexity index is 595. The Kier molecular flexibility index (Phi) is 8.86. The molecule has 3 atom stereocenters. The average molecular weight is 409 g/mol. The van der Waals surface area contributed by atoms with Crippen LogP contribution in [0.25, 0.3) is 0 Å². The number of carbonyl (C=O) groups is 4. The lowest BCUT2D eigenvalue weighted by molar-refractivity contribution is -0.321. The number of hydrogen-bond acceptors (Lipinski definition) is 5. The van der Waals surface area contributed by atoms with Crippen molar-refractivity contribution in [3.63, 3.8) is 0 Å². The van der Waals surface area contributed by atoms with Crippen molar-refractivity contribution in [2.24, 2.45) is 11.8 Å². The van der Waals surface area contributed by atoms with Crippen molar-refractivity contribution in [3.05, 3.63) is 0 Å². The highest BCUT2D eigenvalue weighted by atomic mass is 19.4. The predicted octanol–water partition coefficient (Wildman–Crippen LogP) is 0.654. The summed E-state index contributed by atoms with van der Waals surface area (Å²) in [5, 5.41) is 7.41. The molecule has 1 aliphatic heterocycles.